The smallest absolute Gasteiger partial charge is 0.381 e. The minimum Gasteiger partial charge on any atom is -0.381 e. The molecule has 10 nitrogen and oxygen atoms in total. The molecule has 0 bridgehead atoms. The number of hydrogen-bond acceptors (Lipinski definition) is 8. The lowest BCUT2D eigenvalue weighted by Gasteiger charge is -2.46. The maximum absolute atomic E-state index is 14.4. The molecule has 2 aromatic heterocycles. The fourth-order valence-corrected chi connectivity index (χ4v) is 6.62. The number of carbonyl (C=O) groups excluding carboxylic acids is 1. The number of nitriles is 1. The van der Waals surface area contributed by atoms with Gasteiger partial charge in [0.25, 0.3) is 5.91 Å². The van der Waals surface area contributed by atoms with Crippen LogP contribution in [0.4, 0.5) is 24.8 Å². The van der Waals surface area contributed by atoms with Crippen LogP contribution in [0, 0.1) is 11.3 Å². The molecule has 2 aliphatic carbocycles. The zero-order valence-electron chi connectivity index (χ0n) is 25.0. The van der Waals surface area contributed by atoms with Crippen molar-refractivity contribution in [3.63, 3.8) is 0 Å². The predicted molar refractivity (Wildman–Crippen MR) is 156 cm³/mol. The third-order valence-electron chi connectivity index (χ3n) is 9.39. The molecule has 3 heterocycles. The topological polar surface area (TPSA) is 121 Å². The van der Waals surface area contributed by atoms with E-state index in [0.717, 1.165) is 30.9 Å². The van der Waals surface area contributed by atoms with Gasteiger partial charge in [-0.25, -0.2) is 4.98 Å². The van der Waals surface area contributed by atoms with Gasteiger partial charge in [-0.1, -0.05) is 0 Å². The second-order valence-corrected chi connectivity index (χ2v) is 12.4. The van der Waals surface area contributed by atoms with Crippen LogP contribution in [0.15, 0.2) is 30.6 Å². The second kappa shape index (κ2) is 11.2. The van der Waals surface area contributed by atoms with E-state index in [1.165, 1.54) is 4.90 Å². The molecule has 2 fully saturated rings. The van der Waals surface area contributed by atoms with E-state index < -0.39 is 23.1 Å². The number of amides is 1. The van der Waals surface area contributed by atoms with Gasteiger partial charge in [-0.05, 0) is 80.0 Å². The Balaban J connectivity index is 1.40. The molecule has 2 N–H and O–H groups in total. The summed E-state index contributed by atoms with van der Waals surface area (Å²) < 4.78 is 50.6. The van der Waals surface area contributed by atoms with Crippen molar-refractivity contribution in [2.24, 2.45) is 7.05 Å². The van der Waals surface area contributed by atoms with Crippen molar-refractivity contribution in [2.45, 2.75) is 81.8 Å². The number of aryl methyl sites for hydroxylation is 1. The quantitative estimate of drug-likeness (QED) is 0.314. The lowest BCUT2D eigenvalue weighted by atomic mass is 9.62. The molecule has 1 amide bonds. The van der Waals surface area contributed by atoms with Gasteiger partial charge in [0.15, 0.2) is 0 Å². The Morgan fingerprint density at radius 3 is 2.59 bits per heavy atom. The van der Waals surface area contributed by atoms with Crippen molar-refractivity contribution < 1.29 is 22.7 Å². The van der Waals surface area contributed by atoms with Crippen molar-refractivity contribution in [2.75, 3.05) is 23.9 Å². The number of pyridine rings is 1. The zero-order chi connectivity index (χ0) is 31.3. The summed E-state index contributed by atoms with van der Waals surface area (Å²) in [6, 6.07) is 8.43. The van der Waals surface area contributed by atoms with E-state index in [0.29, 0.717) is 36.6 Å². The molecule has 6 rings (SSSR count). The molecule has 0 saturated heterocycles. The van der Waals surface area contributed by atoms with Crippen LogP contribution in [0.1, 0.15) is 83.9 Å². The standard InChI is InChI=1S/C31H35F3N8O2/c1-29(6-4-7-29)37-16-19-10-22-23(24(11-19)31(32,33)34)17-42(27(22)43)26-13-20(12-25(39-26)36-9-5-8-35)30(14-21(15-30)44-3)28-40-38-18-41(28)2/h10-13,18,21,37H,4-7,9,14-17H2,1-3H3,(H,36,39). The van der Waals surface area contributed by atoms with Crippen LogP contribution in [-0.4, -0.2) is 51.0 Å². The Morgan fingerprint density at radius 2 is 1.98 bits per heavy atom. The Labute approximate surface area is 253 Å². The number of aromatic nitrogens is 4. The Hall–Kier alpha value is -4.02. The number of anilines is 2. The van der Waals surface area contributed by atoms with Crippen LogP contribution >= 0.6 is 0 Å². The van der Waals surface area contributed by atoms with E-state index in [4.69, 9.17) is 10.00 Å². The number of nitrogens with zero attached hydrogens (tertiary/aromatic N) is 6. The van der Waals surface area contributed by atoms with Crippen LogP contribution in [0.25, 0.3) is 0 Å². The van der Waals surface area contributed by atoms with Gasteiger partial charge in [0.1, 0.15) is 23.8 Å². The van der Waals surface area contributed by atoms with Gasteiger partial charge in [-0.2, -0.15) is 18.4 Å². The Bertz CT molecular complexity index is 1620. The average molecular weight is 609 g/mol. The molecule has 1 aliphatic heterocycles. The first-order chi connectivity index (χ1) is 21.0. The fraction of sp³-hybridized carbons (Fsp3) is 0.516. The first kappa shape index (κ1) is 30.0. The van der Waals surface area contributed by atoms with Crippen LogP contribution < -0.4 is 15.5 Å². The van der Waals surface area contributed by atoms with Crippen LogP contribution in [0.3, 0.4) is 0 Å². The van der Waals surface area contributed by atoms with E-state index >= 15 is 0 Å². The lowest BCUT2D eigenvalue weighted by Crippen LogP contribution is -2.48. The number of rotatable bonds is 10. The highest BCUT2D eigenvalue weighted by atomic mass is 19.4. The summed E-state index contributed by atoms with van der Waals surface area (Å²) in [6.07, 6.45) is 1.37. The van der Waals surface area contributed by atoms with Gasteiger partial charge in [-0.15, -0.1) is 10.2 Å². The van der Waals surface area contributed by atoms with E-state index in [9.17, 15) is 18.0 Å². The summed E-state index contributed by atoms with van der Waals surface area (Å²) in [6.45, 7) is 2.35. The Kier molecular flexibility index (Phi) is 7.62. The highest BCUT2D eigenvalue weighted by molar-refractivity contribution is 6.10. The highest BCUT2D eigenvalue weighted by Gasteiger charge is 2.51. The number of nitrogens with one attached hydrogen (secondary N) is 2. The normalized spacial score (nSPS) is 22.2. The number of fused-ring (bicyclic) bond motifs is 1. The largest absolute Gasteiger partial charge is 0.416 e. The summed E-state index contributed by atoms with van der Waals surface area (Å²) in [4.78, 5) is 19.8. The van der Waals surface area contributed by atoms with Crippen molar-refractivity contribution in [3.05, 3.63) is 64.2 Å². The molecule has 3 aromatic rings. The van der Waals surface area contributed by atoms with Gasteiger partial charge in [0.05, 0.1) is 36.1 Å². The van der Waals surface area contributed by atoms with Crippen molar-refractivity contribution in [3.8, 4) is 6.07 Å². The van der Waals surface area contributed by atoms with Crippen molar-refractivity contribution in [1.29, 1.82) is 5.26 Å². The molecule has 0 radical (unpaired) electrons. The molecule has 44 heavy (non-hydrogen) atoms. The summed E-state index contributed by atoms with van der Waals surface area (Å²) in [5.74, 6) is 0.804. The molecule has 1 aromatic carbocycles. The molecule has 13 heteroatoms. The first-order valence-electron chi connectivity index (χ1n) is 14.8. The van der Waals surface area contributed by atoms with Gasteiger partial charge < -0.3 is 19.9 Å². The van der Waals surface area contributed by atoms with Crippen molar-refractivity contribution in [1.82, 2.24) is 25.1 Å². The predicted octanol–water partition coefficient (Wildman–Crippen LogP) is 4.84. The monoisotopic (exact) mass is 608 g/mol. The molecule has 0 unspecified atom stereocenters. The lowest BCUT2D eigenvalue weighted by molar-refractivity contribution is -0.138. The molecule has 2 saturated carbocycles. The minimum absolute atomic E-state index is 0.0282. The zero-order valence-corrected chi connectivity index (χ0v) is 25.0. The fourth-order valence-electron chi connectivity index (χ4n) is 6.62. The maximum Gasteiger partial charge on any atom is 0.416 e. The van der Waals surface area contributed by atoms with Gasteiger partial charge in [-0.3, -0.25) is 9.69 Å². The van der Waals surface area contributed by atoms with Gasteiger partial charge in [0.2, 0.25) is 0 Å². The molecule has 232 valence electrons. The van der Waals surface area contributed by atoms with Crippen LogP contribution in [0.2, 0.25) is 0 Å². The third kappa shape index (κ3) is 5.30. The number of methoxy groups -OCH3 is 1. The summed E-state index contributed by atoms with van der Waals surface area (Å²) >= 11 is 0. The molecular weight excluding hydrogens is 573 g/mol. The van der Waals surface area contributed by atoms with Crippen molar-refractivity contribution >= 4 is 17.5 Å². The molecule has 0 atom stereocenters. The van der Waals surface area contributed by atoms with Crippen LogP contribution in [0.5, 0.6) is 0 Å². The second-order valence-electron chi connectivity index (χ2n) is 12.4. The van der Waals surface area contributed by atoms with Gasteiger partial charge >= 0.3 is 6.18 Å². The molecular formula is C31H35F3N8O2. The number of hydrogen-bond donors (Lipinski definition) is 2. The van der Waals surface area contributed by atoms with E-state index in [-0.39, 0.29) is 48.1 Å². The third-order valence-corrected chi connectivity index (χ3v) is 9.39. The number of alkyl halides is 3. The first-order valence-corrected chi connectivity index (χ1v) is 14.8. The van der Waals surface area contributed by atoms with Gasteiger partial charge in [0, 0.05) is 38.3 Å². The number of benzene rings is 1. The summed E-state index contributed by atoms with van der Waals surface area (Å²) in [5.41, 5.74) is -0.340. The maximum atomic E-state index is 14.4. The summed E-state index contributed by atoms with van der Waals surface area (Å²) in [7, 11) is 3.50. The highest BCUT2D eigenvalue weighted by Crippen LogP contribution is 2.50. The Morgan fingerprint density at radius 1 is 1.20 bits per heavy atom. The van der Waals surface area contributed by atoms with E-state index in [2.05, 4.69) is 38.8 Å². The number of ether oxygens (including phenoxy) is 1. The minimum atomic E-state index is -4.63. The SMILES string of the molecule is COC1CC(c2cc(NCCC#N)nc(N3Cc4c(cc(CNC5(C)CCC5)cc4C(F)(F)F)C3=O)c2)(c2nncn2C)C1. The number of halogens is 3. The molecule has 3 aliphatic rings. The van der Waals surface area contributed by atoms with E-state index in [1.807, 2.05) is 17.7 Å². The summed E-state index contributed by atoms with van der Waals surface area (Å²) in [5, 5.41) is 24.1. The van der Waals surface area contributed by atoms with Crippen LogP contribution in [-0.2, 0) is 36.5 Å². The van der Waals surface area contributed by atoms with E-state index in [1.54, 1.807) is 25.6 Å². The number of carbonyl (C=O) groups is 1. The average Bonchev–Trinajstić information content (AvgIpc) is 3.53. The molecule has 0 spiro atoms.